The third-order valence-electron chi connectivity index (χ3n) is 3.81. The van der Waals surface area contributed by atoms with Gasteiger partial charge in [-0.3, -0.25) is 4.79 Å². The third-order valence-corrected chi connectivity index (χ3v) is 3.81. The summed E-state index contributed by atoms with van der Waals surface area (Å²) in [4.78, 5) is 11.9. The van der Waals surface area contributed by atoms with E-state index in [1.165, 1.54) is 0 Å². The molecule has 0 aromatic carbocycles. The Labute approximate surface area is 109 Å². The van der Waals surface area contributed by atoms with Crippen LogP contribution in [0.4, 0.5) is 8.78 Å². The zero-order valence-electron chi connectivity index (χ0n) is 10.5. The van der Waals surface area contributed by atoms with Gasteiger partial charge < -0.3 is 20.3 Å². The van der Waals surface area contributed by atoms with Crippen LogP contribution in [-0.2, 0) is 9.53 Å². The van der Waals surface area contributed by atoms with Crippen molar-refractivity contribution in [3.63, 3.8) is 0 Å². The normalized spacial score (nSPS) is 35.9. The second-order valence-corrected chi connectivity index (χ2v) is 5.34. The van der Waals surface area contributed by atoms with Crippen LogP contribution in [-0.4, -0.2) is 53.5 Å². The molecule has 110 valence electrons. The lowest BCUT2D eigenvalue weighted by Crippen LogP contribution is -2.57. The van der Waals surface area contributed by atoms with Crippen LogP contribution in [0, 0.1) is 5.92 Å². The van der Waals surface area contributed by atoms with Gasteiger partial charge in [-0.05, 0) is 12.8 Å². The van der Waals surface area contributed by atoms with Crippen molar-refractivity contribution in [3.05, 3.63) is 0 Å². The van der Waals surface area contributed by atoms with Crippen LogP contribution >= 0.6 is 0 Å². The molecule has 5 nitrogen and oxygen atoms in total. The minimum atomic E-state index is -2.67. The first-order valence-electron chi connectivity index (χ1n) is 6.51. The molecule has 0 aromatic heterocycles. The van der Waals surface area contributed by atoms with Gasteiger partial charge in [0, 0.05) is 18.8 Å². The van der Waals surface area contributed by atoms with Crippen LogP contribution in [0.2, 0.25) is 0 Å². The van der Waals surface area contributed by atoms with Gasteiger partial charge in [0.05, 0.1) is 19.3 Å². The number of aliphatic hydroxyl groups is 2. The molecule has 3 atom stereocenters. The molecule has 1 saturated heterocycles. The molecule has 0 bridgehead atoms. The summed E-state index contributed by atoms with van der Waals surface area (Å²) in [7, 11) is 0. The number of hydrogen-bond donors (Lipinski definition) is 3. The molecule has 0 aromatic rings. The zero-order chi connectivity index (χ0) is 14.0. The molecule has 19 heavy (non-hydrogen) atoms. The van der Waals surface area contributed by atoms with Gasteiger partial charge >= 0.3 is 0 Å². The van der Waals surface area contributed by atoms with Crippen LogP contribution in [0.3, 0.4) is 0 Å². The summed E-state index contributed by atoms with van der Waals surface area (Å²) in [6, 6.07) is -0.682. The Kier molecular flexibility index (Phi) is 4.37. The first kappa shape index (κ1) is 14.6. The van der Waals surface area contributed by atoms with E-state index in [4.69, 9.17) is 4.74 Å². The number of amides is 1. The average Bonchev–Trinajstić information content (AvgIpc) is 2.35. The van der Waals surface area contributed by atoms with E-state index in [2.05, 4.69) is 5.32 Å². The summed E-state index contributed by atoms with van der Waals surface area (Å²) in [5.41, 5.74) is 0. The summed E-state index contributed by atoms with van der Waals surface area (Å²) in [6.07, 6.45) is -2.39. The van der Waals surface area contributed by atoms with Crippen molar-refractivity contribution in [2.24, 2.45) is 5.92 Å². The molecule has 1 amide bonds. The van der Waals surface area contributed by atoms with Gasteiger partial charge in [0.15, 0.2) is 0 Å². The third kappa shape index (κ3) is 3.61. The number of carbonyl (C=O) groups excluding carboxylic acids is 1. The molecule has 0 radical (unpaired) electrons. The fourth-order valence-electron chi connectivity index (χ4n) is 2.51. The van der Waals surface area contributed by atoms with Gasteiger partial charge in [-0.15, -0.1) is 0 Å². The second kappa shape index (κ2) is 5.68. The highest BCUT2D eigenvalue weighted by Crippen LogP contribution is 2.36. The fraction of sp³-hybridized carbons (Fsp3) is 0.917. The lowest BCUT2D eigenvalue weighted by Gasteiger charge is -2.34. The van der Waals surface area contributed by atoms with Gasteiger partial charge in [0.2, 0.25) is 11.8 Å². The first-order valence-corrected chi connectivity index (χ1v) is 6.51. The van der Waals surface area contributed by atoms with Gasteiger partial charge in [-0.1, -0.05) is 0 Å². The molecule has 1 saturated carbocycles. The Morgan fingerprint density at radius 1 is 1.21 bits per heavy atom. The number of rotatable bonds is 2. The van der Waals surface area contributed by atoms with E-state index in [9.17, 15) is 23.8 Å². The molecular formula is C12H19F2NO4. The number of nitrogens with one attached hydrogen (secondary N) is 1. The Balaban J connectivity index is 1.84. The molecule has 7 heteroatoms. The molecular weight excluding hydrogens is 260 g/mol. The highest BCUT2D eigenvalue weighted by atomic mass is 19.3. The number of alkyl halides is 2. The lowest BCUT2D eigenvalue weighted by atomic mass is 9.86. The van der Waals surface area contributed by atoms with Gasteiger partial charge in [0.1, 0.15) is 12.2 Å². The van der Waals surface area contributed by atoms with Crippen LogP contribution < -0.4 is 5.32 Å². The second-order valence-electron chi connectivity index (χ2n) is 5.34. The van der Waals surface area contributed by atoms with Crippen molar-refractivity contribution in [3.8, 4) is 0 Å². The van der Waals surface area contributed by atoms with Crippen molar-refractivity contribution in [2.45, 2.75) is 49.9 Å². The van der Waals surface area contributed by atoms with E-state index in [0.29, 0.717) is 0 Å². The summed E-state index contributed by atoms with van der Waals surface area (Å²) < 4.78 is 31.0. The Bertz CT molecular complexity index is 330. The van der Waals surface area contributed by atoms with Crippen molar-refractivity contribution < 1.29 is 28.5 Å². The maximum Gasteiger partial charge on any atom is 0.248 e. The van der Waals surface area contributed by atoms with E-state index >= 15 is 0 Å². The highest BCUT2D eigenvalue weighted by molar-refractivity contribution is 5.79. The van der Waals surface area contributed by atoms with Gasteiger partial charge in [-0.2, -0.15) is 0 Å². The molecule has 2 aliphatic rings. The van der Waals surface area contributed by atoms with Crippen molar-refractivity contribution in [1.82, 2.24) is 5.32 Å². The van der Waals surface area contributed by atoms with Crippen molar-refractivity contribution >= 4 is 5.91 Å². The maximum atomic E-state index is 13.0. The predicted molar refractivity (Wildman–Crippen MR) is 61.7 cm³/mol. The van der Waals surface area contributed by atoms with Crippen LogP contribution in [0.5, 0.6) is 0 Å². The fourth-order valence-corrected chi connectivity index (χ4v) is 2.51. The highest BCUT2D eigenvalue weighted by Gasteiger charge is 2.39. The molecule has 0 spiro atoms. The minimum Gasteiger partial charge on any atom is -0.388 e. The number of halogens is 2. The Morgan fingerprint density at radius 3 is 2.47 bits per heavy atom. The van der Waals surface area contributed by atoms with E-state index in [0.717, 1.165) is 0 Å². The van der Waals surface area contributed by atoms with E-state index in [1.807, 2.05) is 0 Å². The predicted octanol–water partition coefficient (Wildman–Crippen LogP) is 0.0487. The van der Waals surface area contributed by atoms with Gasteiger partial charge in [0.25, 0.3) is 0 Å². The number of ether oxygens (including phenoxy) is 1. The standard InChI is InChI=1S/C12H19F2NO4/c13-12(14)3-1-7(2-4-12)11(18)15-8-5-19-6-9(16)10(8)17/h7-10,16-17H,1-6H2,(H,15,18)/t8-,9-,10+/m1/s1. The SMILES string of the molecule is O=C(N[C@@H]1COC[C@@H](O)[C@H]1O)C1CCC(F)(F)CC1. The number of aliphatic hydroxyl groups excluding tert-OH is 2. The lowest BCUT2D eigenvalue weighted by molar-refractivity contribution is -0.138. The molecule has 2 fully saturated rings. The van der Waals surface area contributed by atoms with Crippen molar-refractivity contribution in [1.29, 1.82) is 0 Å². The molecule has 3 N–H and O–H groups in total. The van der Waals surface area contributed by atoms with Gasteiger partial charge in [-0.25, -0.2) is 8.78 Å². The summed E-state index contributed by atoms with van der Waals surface area (Å²) in [6.45, 7) is 0.149. The zero-order valence-corrected chi connectivity index (χ0v) is 10.5. The summed E-state index contributed by atoms with van der Waals surface area (Å²) in [5, 5.41) is 21.7. The Hall–Kier alpha value is -0.790. The molecule has 0 unspecified atom stereocenters. The van der Waals surface area contributed by atoms with Crippen molar-refractivity contribution in [2.75, 3.05) is 13.2 Å². The van der Waals surface area contributed by atoms with E-state index < -0.39 is 30.1 Å². The quantitative estimate of drug-likeness (QED) is 0.667. The summed E-state index contributed by atoms with van der Waals surface area (Å²) in [5.74, 6) is -3.47. The van der Waals surface area contributed by atoms with E-state index in [-0.39, 0.29) is 44.8 Å². The Morgan fingerprint density at radius 2 is 1.84 bits per heavy atom. The first-order chi connectivity index (χ1) is 8.89. The molecule has 1 aliphatic carbocycles. The van der Waals surface area contributed by atoms with Crippen LogP contribution in [0.15, 0.2) is 0 Å². The van der Waals surface area contributed by atoms with Crippen LogP contribution in [0.25, 0.3) is 0 Å². The minimum absolute atomic E-state index is 0.0309. The van der Waals surface area contributed by atoms with Crippen LogP contribution in [0.1, 0.15) is 25.7 Å². The maximum absolute atomic E-state index is 13.0. The number of hydrogen-bond acceptors (Lipinski definition) is 4. The summed E-state index contributed by atoms with van der Waals surface area (Å²) >= 11 is 0. The monoisotopic (exact) mass is 279 g/mol. The molecule has 1 aliphatic heterocycles. The van der Waals surface area contributed by atoms with E-state index in [1.54, 1.807) is 0 Å². The topological polar surface area (TPSA) is 78.8 Å². The smallest absolute Gasteiger partial charge is 0.248 e. The average molecular weight is 279 g/mol. The largest absolute Gasteiger partial charge is 0.388 e. The molecule has 2 rings (SSSR count). The molecule has 1 heterocycles. The number of carbonyl (C=O) groups is 1.